The number of hydrazine groups is 1. The molecule has 0 saturated carbocycles. The Balaban J connectivity index is 1.41. The van der Waals surface area contributed by atoms with Crippen LogP contribution in [0.4, 0.5) is 0 Å². The first-order chi connectivity index (χ1) is 12.7. The molecule has 26 heavy (non-hydrogen) atoms. The number of ether oxygens (including phenoxy) is 2. The van der Waals surface area contributed by atoms with E-state index in [4.69, 9.17) is 9.47 Å². The van der Waals surface area contributed by atoms with Crippen molar-refractivity contribution in [2.24, 2.45) is 0 Å². The number of rotatable bonds is 5. The van der Waals surface area contributed by atoms with Crippen LogP contribution in [0.15, 0.2) is 35.7 Å². The molecule has 2 aliphatic rings. The van der Waals surface area contributed by atoms with E-state index in [2.05, 4.69) is 34.5 Å². The second-order valence-electron chi connectivity index (χ2n) is 6.52. The standard InChI is InChI=1S/C19H23N3O3S/c1-2-13(12-5-6-16-17(10-12)25-8-7-24-16)20-19(23)15-11-14(21-22-15)18-4-3-9-26-18/h3-6,9-10,13-15,21-22H,2,7-8,11H2,1H3,(H,20,23). The van der Waals surface area contributed by atoms with Crippen molar-refractivity contribution in [3.8, 4) is 11.5 Å². The number of amides is 1. The lowest BCUT2D eigenvalue weighted by atomic mass is 10.0. The number of hydrogen-bond donors (Lipinski definition) is 3. The molecule has 3 N–H and O–H groups in total. The third-order valence-electron chi connectivity index (χ3n) is 4.80. The van der Waals surface area contributed by atoms with Gasteiger partial charge in [-0.05, 0) is 42.0 Å². The molecule has 138 valence electrons. The number of hydrogen-bond acceptors (Lipinski definition) is 6. The zero-order valence-electron chi connectivity index (χ0n) is 14.7. The topological polar surface area (TPSA) is 71.6 Å². The molecule has 0 spiro atoms. The van der Waals surface area contributed by atoms with Gasteiger partial charge in [0.1, 0.15) is 19.3 Å². The predicted octanol–water partition coefficient (Wildman–Crippen LogP) is 2.69. The van der Waals surface area contributed by atoms with Gasteiger partial charge in [0, 0.05) is 4.88 Å². The monoisotopic (exact) mass is 373 g/mol. The quantitative estimate of drug-likeness (QED) is 0.752. The summed E-state index contributed by atoms with van der Waals surface area (Å²) in [5, 5.41) is 5.22. The Morgan fingerprint density at radius 3 is 2.88 bits per heavy atom. The number of carbonyl (C=O) groups excluding carboxylic acids is 1. The van der Waals surface area contributed by atoms with E-state index in [9.17, 15) is 4.79 Å². The van der Waals surface area contributed by atoms with Gasteiger partial charge in [0.2, 0.25) is 5.91 Å². The average molecular weight is 373 g/mol. The minimum Gasteiger partial charge on any atom is -0.486 e. The van der Waals surface area contributed by atoms with Crippen molar-refractivity contribution in [2.45, 2.75) is 37.9 Å². The molecule has 0 aliphatic carbocycles. The van der Waals surface area contributed by atoms with E-state index in [1.807, 2.05) is 24.3 Å². The van der Waals surface area contributed by atoms with E-state index in [1.165, 1.54) is 4.88 Å². The van der Waals surface area contributed by atoms with Gasteiger partial charge in [0.15, 0.2) is 11.5 Å². The Bertz CT molecular complexity index is 765. The Labute approximate surface area is 156 Å². The van der Waals surface area contributed by atoms with Gasteiger partial charge in [-0.2, -0.15) is 0 Å². The van der Waals surface area contributed by atoms with Crippen molar-refractivity contribution in [3.05, 3.63) is 46.2 Å². The molecule has 0 bridgehead atoms. The second kappa shape index (κ2) is 7.65. The largest absolute Gasteiger partial charge is 0.486 e. The molecular formula is C19H23N3O3S. The second-order valence-corrected chi connectivity index (χ2v) is 7.50. The van der Waals surface area contributed by atoms with Crippen LogP contribution in [0.3, 0.4) is 0 Å². The van der Waals surface area contributed by atoms with Crippen molar-refractivity contribution >= 4 is 17.2 Å². The maximum atomic E-state index is 12.7. The van der Waals surface area contributed by atoms with Gasteiger partial charge in [-0.1, -0.05) is 19.1 Å². The Morgan fingerprint density at radius 1 is 1.27 bits per heavy atom. The van der Waals surface area contributed by atoms with Crippen molar-refractivity contribution in [3.63, 3.8) is 0 Å². The van der Waals surface area contributed by atoms with E-state index in [0.717, 1.165) is 29.9 Å². The molecule has 6 nitrogen and oxygen atoms in total. The summed E-state index contributed by atoms with van der Waals surface area (Å²) in [5.74, 6) is 1.53. The van der Waals surface area contributed by atoms with Crippen LogP contribution in [0.5, 0.6) is 11.5 Å². The fraction of sp³-hybridized carbons (Fsp3) is 0.421. The summed E-state index contributed by atoms with van der Waals surface area (Å²) in [6.07, 6.45) is 1.55. The number of thiophene rings is 1. The smallest absolute Gasteiger partial charge is 0.239 e. The van der Waals surface area contributed by atoms with Crippen LogP contribution >= 0.6 is 11.3 Å². The van der Waals surface area contributed by atoms with Crippen LogP contribution in [0, 0.1) is 0 Å². The Kier molecular flexibility index (Phi) is 5.10. The molecule has 1 amide bonds. The van der Waals surface area contributed by atoms with Gasteiger partial charge in [0.05, 0.1) is 12.1 Å². The summed E-state index contributed by atoms with van der Waals surface area (Å²) in [7, 11) is 0. The predicted molar refractivity (Wildman–Crippen MR) is 100 cm³/mol. The van der Waals surface area contributed by atoms with E-state index < -0.39 is 0 Å². The maximum Gasteiger partial charge on any atom is 0.239 e. The van der Waals surface area contributed by atoms with Crippen molar-refractivity contribution < 1.29 is 14.3 Å². The van der Waals surface area contributed by atoms with Crippen molar-refractivity contribution in [2.75, 3.05) is 13.2 Å². The summed E-state index contributed by atoms with van der Waals surface area (Å²) < 4.78 is 11.2. The molecule has 4 rings (SSSR count). The molecule has 2 aromatic rings. The molecule has 2 aliphatic heterocycles. The fourth-order valence-electron chi connectivity index (χ4n) is 3.37. The van der Waals surface area contributed by atoms with Gasteiger partial charge in [-0.15, -0.1) is 11.3 Å². The summed E-state index contributed by atoms with van der Waals surface area (Å²) in [4.78, 5) is 14.0. The zero-order chi connectivity index (χ0) is 17.9. The van der Waals surface area contributed by atoms with E-state index in [1.54, 1.807) is 11.3 Å². The first kappa shape index (κ1) is 17.3. The molecule has 3 atom stereocenters. The van der Waals surface area contributed by atoms with Gasteiger partial charge in [-0.3, -0.25) is 4.79 Å². The lowest BCUT2D eigenvalue weighted by Crippen LogP contribution is -2.44. The highest BCUT2D eigenvalue weighted by atomic mass is 32.1. The number of fused-ring (bicyclic) bond motifs is 1. The highest BCUT2D eigenvalue weighted by Crippen LogP contribution is 2.33. The van der Waals surface area contributed by atoms with Crippen LogP contribution in [0.1, 0.15) is 42.3 Å². The van der Waals surface area contributed by atoms with Crippen molar-refractivity contribution in [1.82, 2.24) is 16.2 Å². The molecule has 1 aromatic heterocycles. The van der Waals surface area contributed by atoms with Crippen molar-refractivity contribution in [1.29, 1.82) is 0 Å². The summed E-state index contributed by atoms with van der Waals surface area (Å²) in [5.41, 5.74) is 7.38. The number of benzene rings is 1. The lowest BCUT2D eigenvalue weighted by Gasteiger charge is -2.23. The minimum absolute atomic E-state index is 0.0123. The highest BCUT2D eigenvalue weighted by molar-refractivity contribution is 7.10. The third kappa shape index (κ3) is 3.56. The first-order valence-corrected chi connectivity index (χ1v) is 9.87. The molecule has 0 radical (unpaired) electrons. The van der Waals surface area contributed by atoms with Gasteiger partial charge in [0.25, 0.3) is 0 Å². The highest BCUT2D eigenvalue weighted by Gasteiger charge is 2.31. The van der Waals surface area contributed by atoms with Gasteiger partial charge < -0.3 is 14.8 Å². The van der Waals surface area contributed by atoms with E-state index in [0.29, 0.717) is 13.2 Å². The minimum atomic E-state index is -0.242. The maximum absolute atomic E-state index is 12.7. The first-order valence-electron chi connectivity index (χ1n) is 8.99. The van der Waals surface area contributed by atoms with Crippen LogP contribution < -0.4 is 25.6 Å². The third-order valence-corrected chi connectivity index (χ3v) is 5.79. The Hall–Kier alpha value is -2.09. The number of carbonyl (C=O) groups is 1. The normalized spacial score (nSPS) is 22.8. The molecular weight excluding hydrogens is 350 g/mol. The fourth-order valence-corrected chi connectivity index (χ4v) is 4.17. The molecule has 7 heteroatoms. The SMILES string of the molecule is CCC(NC(=O)C1CC(c2cccs2)NN1)c1ccc2c(c1)OCCO2. The van der Waals surface area contributed by atoms with Crippen LogP contribution in [0.2, 0.25) is 0 Å². The molecule has 1 aromatic carbocycles. The summed E-state index contributed by atoms with van der Waals surface area (Å²) in [6.45, 7) is 3.20. The summed E-state index contributed by atoms with van der Waals surface area (Å²) in [6, 6.07) is 9.89. The number of nitrogens with one attached hydrogen (secondary N) is 3. The van der Waals surface area contributed by atoms with Crippen LogP contribution in [0.25, 0.3) is 0 Å². The van der Waals surface area contributed by atoms with E-state index in [-0.39, 0.29) is 24.0 Å². The van der Waals surface area contributed by atoms with Gasteiger partial charge >= 0.3 is 0 Å². The zero-order valence-corrected chi connectivity index (χ0v) is 15.5. The summed E-state index contributed by atoms with van der Waals surface area (Å²) >= 11 is 1.70. The van der Waals surface area contributed by atoms with Crippen LogP contribution in [-0.4, -0.2) is 25.2 Å². The molecule has 3 unspecified atom stereocenters. The van der Waals surface area contributed by atoms with Gasteiger partial charge in [-0.25, -0.2) is 10.9 Å². The molecule has 1 saturated heterocycles. The van der Waals surface area contributed by atoms with E-state index >= 15 is 0 Å². The van der Waals surface area contributed by atoms with Crippen LogP contribution in [-0.2, 0) is 4.79 Å². The average Bonchev–Trinajstić information content (AvgIpc) is 3.36. The molecule has 1 fully saturated rings. The lowest BCUT2D eigenvalue weighted by molar-refractivity contribution is -0.123. The molecule has 3 heterocycles. The Morgan fingerprint density at radius 2 is 2.12 bits per heavy atom.